The second-order valence-corrected chi connectivity index (χ2v) is 9.00. The van der Waals surface area contributed by atoms with Crippen molar-refractivity contribution in [2.75, 3.05) is 6.54 Å². The van der Waals surface area contributed by atoms with E-state index in [0.29, 0.717) is 41.5 Å². The van der Waals surface area contributed by atoms with Gasteiger partial charge in [0.05, 0.1) is 11.1 Å². The standard InChI is InChI=1S/C22H26N4O4/c23-9-14-7-13-6-12(14)8-16(13)24-10-11-2-1-3-15-19(11)22(30)26(21(15)29)17-4-5-18(27)25-20(17)28/h1-3,12-14,16-17,24H,4-10,23H2,(H,25,27,28). The van der Waals surface area contributed by atoms with Crippen LogP contribution in [0.3, 0.4) is 0 Å². The second kappa shape index (κ2) is 7.28. The zero-order chi connectivity index (χ0) is 21.0. The van der Waals surface area contributed by atoms with Gasteiger partial charge in [-0.05, 0) is 61.6 Å². The zero-order valence-electron chi connectivity index (χ0n) is 16.7. The molecule has 8 nitrogen and oxygen atoms in total. The Hall–Kier alpha value is -2.58. The number of nitrogens with one attached hydrogen (secondary N) is 2. The Labute approximate surface area is 174 Å². The minimum Gasteiger partial charge on any atom is -0.330 e. The monoisotopic (exact) mass is 410 g/mol. The molecule has 2 saturated carbocycles. The van der Waals surface area contributed by atoms with E-state index >= 15 is 0 Å². The minimum atomic E-state index is -0.935. The molecule has 2 heterocycles. The van der Waals surface area contributed by atoms with Crippen LogP contribution < -0.4 is 16.4 Å². The number of fused-ring (bicyclic) bond motifs is 3. The first-order chi connectivity index (χ1) is 14.5. The van der Waals surface area contributed by atoms with E-state index < -0.39 is 23.8 Å². The van der Waals surface area contributed by atoms with Gasteiger partial charge in [0, 0.05) is 19.0 Å². The summed E-state index contributed by atoms with van der Waals surface area (Å²) in [5.74, 6) is 0.0746. The van der Waals surface area contributed by atoms with Crippen LogP contribution in [0.1, 0.15) is 58.4 Å². The van der Waals surface area contributed by atoms with Crippen LogP contribution in [0.15, 0.2) is 18.2 Å². The van der Waals surface area contributed by atoms with Crippen molar-refractivity contribution in [3.8, 4) is 0 Å². The van der Waals surface area contributed by atoms with Gasteiger partial charge < -0.3 is 11.1 Å². The van der Waals surface area contributed by atoms with E-state index in [-0.39, 0.29) is 18.7 Å². The highest BCUT2D eigenvalue weighted by Crippen LogP contribution is 2.48. The van der Waals surface area contributed by atoms with Gasteiger partial charge in [-0.3, -0.25) is 29.4 Å². The number of nitrogens with zero attached hydrogens (tertiary/aromatic N) is 1. The number of carbonyl (C=O) groups excluding carboxylic acids is 4. The molecular weight excluding hydrogens is 384 g/mol. The number of imide groups is 2. The summed E-state index contributed by atoms with van der Waals surface area (Å²) in [5.41, 5.74) is 7.36. The zero-order valence-corrected chi connectivity index (χ0v) is 16.7. The molecule has 2 aliphatic carbocycles. The van der Waals surface area contributed by atoms with Gasteiger partial charge in [0.2, 0.25) is 11.8 Å². The van der Waals surface area contributed by atoms with Crippen LogP contribution in [-0.2, 0) is 16.1 Å². The molecule has 8 heteroatoms. The first-order valence-corrected chi connectivity index (χ1v) is 10.7. The summed E-state index contributed by atoms with van der Waals surface area (Å²) >= 11 is 0. The first kappa shape index (κ1) is 19.4. The van der Waals surface area contributed by atoms with Gasteiger partial charge in [-0.25, -0.2) is 0 Å². The molecule has 5 atom stereocenters. The summed E-state index contributed by atoms with van der Waals surface area (Å²) in [6.07, 6.45) is 3.76. The van der Waals surface area contributed by atoms with Crippen molar-refractivity contribution in [2.45, 2.75) is 50.7 Å². The number of hydrogen-bond acceptors (Lipinski definition) is 6. The molecular formula is C22H26N4O4. The van der Waals surface area contributed by atoms with Gasteiger partial charge >= 0.3 is 0 Å². The number of piperidine rings is 1. The fourth-order valence-electron chi connectivity index (χ4n) is 5.91. The van der Waals surface area contributed by atoms with Gasteiger partial charge in [-0.1, -0.05) is 12.1 Å². The molecule has 5 rings (SSSR count). The summed E-state index contributed by atoms with van der Waals surface area (Å²) in [6.45, 7) is 1.26. The quantitative estimate of drug-likeness (QED) is 0.610. The molecule has 2 aliphatic heterocycles. The van der Waals surface area contributed by atoms with E-state index in [1.807, 2.05) is 6.07 Å². The Bertz CT molecular complexity index is 945. The number of hydrogen-bond donors (Lipinski definition) is 3. The molecule has 1 aromatic carbocycles. The van der Waals surface area contributed by atoms with E-state index in [4.69, 9.17) is 5.73 Å². The van der Waals surface area contributed by atoms with Crippen LogP contribution >= 0.6 is 0 Å². The van der Waals surface area contributed by atoms with Crippen molar-refractivity contribution in [3.05, 3.63) is 34.9 Å². The van der Waals surface area contributed by atoms with Crippen LogP contribution in [-0.4, -0.2) is 47.2 Å². The van der Waals surface area contributed by atoms with Crippen molar-refractivity contribution in [1.82, 2.24) is 15.5 Å². The van der Waals surface area contributed by atoms with Crippen LogP contribution in [0, 0.1) is 17.8 Å². The summed E-state index contributed by atoms with van der Waals surface area (Å²) in [5, 5.41) is 5.83. The Morgan fingerprint density at radius 2 is 1.90 bits per heavy atom. The van der Waals surface area contributed by atoms with Crippen molar-refractivity contribution in [3.63, 3.8) is 0 Å². The van der Waals surface area contributed by atoms with Crippen molar-refractivity contribution in [1.29, 1.82) is 0 Å². The molecule has 0 spiro atoms. The Balaban J connectivity index is 1.33. The lowest BCUT2D eigenvalue weighted by molar-refractivity contribution is -0.136. The van der Waals surface area contributed by atoms with Gasteiger partial charge in [-0.2, -0.15) is 0 Å². The normalized spacial score (nSPS) is 32.7. The molecule has 5 unspecified atom stereocenters. The van der Waals surface area contributed by atoms with Gasteiger partial charge in [-0.15, -0.1) is 0 Å². The maximum Gasteiger partial charge on any atom is 0.262 e. The van der Waals surface area contributed by atoms with Crippen LogP contribution in [0.2, 0.25) is 0 Å². The highest BCUT2D eigenvalue weighted by molar-refractivity contribution is 6.24. The molecule has 1 aromatic rings. The van der Waals surface area contributed by atoms with E-state index in [9.17, 15) is 19.2 Å². The predicted molar refractivity (Wildman–Crippen MR) is 107 cm³/mol. The van der Waals surface area contributed by atoms with Crippen LogP contribution in [0.5, 0.6) is 0 Å². The maximum atomic E-state index is 13.2. The van der Waals surface area contributed by atoms with Gasteiger partial charge in [0.1, 0.15) is 6.04 Å². The average molecular weight is 410 g/mol. The summed E-state index contributed by atoms with van der Waals surface area (Å²) in [6, 6.07) is 4.75. The third kappa shape index (κ3) is 2.97. The van der Waals surface area contributed by atoms with Crippen molar-refractivity contribution >= 4 is 23.6 Å². The third-order valence-electron chi connectivity index (χ3n) is 7.42. The second-order valence-electron chi connectivity index (χ2n) is 9.00. The molecule has 158 valence electrons. The van der Waals surface area contributed by atoms with E-state index in [2.05, 4.69) is 10.6 Å². The first-order valence-electron chi connectivity index (χ1n) is 10.7. The fraction of sp³-hybridized carbons (Fsp3) is 0.545. The maximum absolute atomic E-state index is 13.2. The number of benzene rings is 1. The number of nitrogens with two attached hydrogens (primary N) is 1. The highest BCUT2D eigenvalue weighted by Gasteiger charge is 2.47. The Morgan fingerprint density at radius 3 is 2.60 bits per heavy atom. The predicted octanol–water partition coefficient (Wildman–Crippen LogP) is 0.551. The molecule has 30 heavy (non-hydrogen) atoms. The van der Waals surface area contributed by atoms with Crippen molar-refractivity contribution < 1.29 is 19.2 Å². The number of rotatable bonds is 5. The summed E-state index contributed by atoms with van der Waals surface area (Å²) in [7, 11) is 0. The number of carbonyl (C=O) groups is 4. The molecule has 2 bridgehead atoms. The van der Waals surface area contributed by atoms with E-state index in [0.717, 1.165) is 29.8 Å². The van der Waals surface area contributed by atoms with E-state index in [1.165, 1.54) is 6.42 Å². The fourth-order valence-corrected chi connectivity index (χ4v) is 5.91. The molecule has 4 N–H and O–H groups in total. The van der Waals surface area contributed by atoms with Gasteiger partial charge in [0.15, 0.2) is 0 Å². The molecule has 1 saturated heterocycles. The lowest BCUT2D eigenvalue weighted by atomic mass is 9.86. The topological polar surface area (TPSA) is 122 Å². The third-order valence-corrected chi connectivity index (χ3v) is 7.42. The summed E-state index contributed by atoms with van der Waals surface area (Å²) in [4.78, 5) is 50.8. The summed E-state index contributed by atoms with van der Waals surface area (Å²) < 4.78 is 0. The SMILES string of the molecule is NCC1CC2CC1CC2NCc1cccc2c1C(=O)N(C1CCC(=O)NC1=O)C2=O. The van der Waals surface area contributed by atoms with Crippen LogP contribution in [0.25, 0.3) is 0 Å². The van der Waals surface area contributed by atoms with Crippen LogP contribution in [0.4, 0.5) is 0 Å². The smallest absolute Gasteiger partial charge is 0.262 e. The van der Waals surface area contributed by atoms with Gasteiger partial charge in [0.25, 0.3) is 11.8 Å². The highest BCUT2D eigenvalue weighted by atomic mass is 16.2. The van der Waals surface area contributed by atoms with E-state index in [1.54, 1.807) is 12.1 Å². The average Bonchev–Trinajstić information content (AvgIpc) is 3.39. The van der Waals surface area contributed by atoms with Crippen molar-refractivity contribution in [2.24, 2.45) is 23.5 Å². The lowest BCUT2D eigenvalue weighted by Crippen LogP contribution is -2.54. The molecule has 3 fully saturated rings. The largest absolute Gasteiger partial charge is 0.330 e. The molecule has 4 aliphatic rings. The molecule has 0 radical (unpaired) electrons. The Morgan fingerprint density at radius 1 is 1.07 bits per heavy atom. The number of amides is 4. The lowest BCUT2D eigenvalue weighted by Gasteiger charge is -2.28. The molecule has 4 amide bonds. The Kier molecular flexibility index (Phi) is 4.71. The minimum absolute atomic E-state index is 0.117. The molecule has 0 aromatic heterocycles.